The molecule has 0 aliphatic rings. The molecular formula is C7H7N3O3. The fourth-order valence-electron chi connectivity index (χ4n) is 0.716. The highest BCUT2D eigenvalue weighted by molar-refractivity contribution is 5.90. The molecule has 0 fully saturated rings. The summed E-state index contributed by atoms with van der Waals surface area (Å²) in [5, 5.41) is 0. The van der Waals surface area contributed by atoms with Crippen LogP contribution in [-0.4, -0.2) is 15.9 Å². The first-order valence-corrected chi connectivity index (χ1v) is 3.39. The lowest BCUT2D eigenvalue weighted by Crippen LogP contribution is -2.23. The summed E-state index contributed by atoms with van der Waals surface area (Å²) in [7, 11) is 0. The first-order chi connectivity index (χ1) is 6.09. The second-order valence-electron chi connectivity index (χ2n) is 2.26. The molecule has 1 rings (SSSR count). The van der Waals surface area contributed by atoms with Crippen molar-refractivity contribution in [3.63, 3.8) is 0 Å². The van der Waals surface area contributed by atoms with E-state index in [1.807, 2.05) is 4.98 Å². The van der Waals surface area contributed by atoms with Gasteiger partial charge in [0.2, 0.25) is 5.91 Å². The Bertz CT molecular complexity index is 455. The van der Waals surface area contributed by atoms with E-state index in [-0.39, 0.29) is 5.56 Å². The van der Waals surface area contributed by atoms with Crippen molar-refractivity contribution in [1.82, 2.24) is 9.97 Å². The molecule has 0 aliphatic heterocycles. The zero-order valence-corrected chi connectivity index (χ0v) is 6.53. The van der Waals surface area contributed by atoms with Gasteiger partial charge in [-0.15, -0.1) is 0 Å². The Kier molecular flexibility index (Phi) is 2.44. The average Bonchev–Trinajstić information content (AvgIpc) is 2.02. The summed E-state index contributed by atoms with van der Waals surface area (Å²) in [6, 6.07) is 0. The molecule has 0 unspecified atom stereocenters. The average molecular weight is 181 g/mol. The Morgan fingerprint density at radius 2 is 2.15 bits per heavy atom. The maximum absolute atomic E-state index is 11.0. The largest absolute Gasteiger partial charge is 0.366 e. The molecule has 0 radical (unpaired) electrons. The number of carbonyl (C=O) groups is 1. The lowest BCUT2D eigenvalue weighted by atomic mass is 10.3. The zero-order valence-electron chi connectivity index (χ0n) is 6.53. The molecule has 0 aliphatic carbocycles. The Labute approximate surface area is 72.1 Å². The van der Waals surface area contributed by atoms with Gasteiger partial charge in [0, 0.05) is 12.3 Å². The maximum atomic E-state index is 11.0. The van der Waals surface area contributed by atoms with Crippen molar-refractivity contribution in [2.24, 2.45) is 5.73 Å². The van der Waals surface area contributed by atoms with E-state index in [0.717, 1.165) is 6.08 Å². The number of aromatic amines is 2. The first-order valence-electron chi connectivity index (χ1n) is 3.39. The minimum absolute atomic E-state index is 0.165. The minimum atomic E-state index is -0.661. The molecule has 0 saturated heterocycles. The quantitative estimate of drug-likeness (QED) is 0.486. The second kappa shape index (κ2) is 3.53. The van der Waals surface area contributed by atoms with Crippen LogP contribution in [-0.2, 0) is 4.79 Å². The summed E-state index contributed by atoms with van der Waals surface area (Å²) >= 11 is 0. The number of nitrogens with two attached hydrogens (primary N) is 1. The molecule has 13 heavy (non-hydrogen) atoms. The van der Waals surface area contributed by atoms with Gasteiger partial charge in [0.05, 0.1) is 5.56 Å². The van der Waals surface area contributed by atoms with Crippen LogP contribution in [0.25, 0.3) is 6.08 Å². The predicted octanol–water partition coefficient (Wildman–Crippen LogP) is -1.44. The van der Waals surface area contributed by atoms with E-state index in [4.69, 9.17) is 5.73 Å². The van der Waals surface area contributed by atoms with Crippen LogP contribution < -0.4 is 17.0 Å². The number of rotatable bonds is 2. The van der Waals surface area contributed by atoms with Gasteiger partial charge in [0.25, 0.3) is 5.56 Å². The lowest BCUT2D eigenvalue weighted by molar-refractivity contribution is -0.113. The summed E-state index contributed by atoms with van der Waals surface area (Å²) in [5.74, 6) is -0.661. The molecule has 0 spiro atoms. The number of nitrogens with one attached hydrogen (secondary N) is 2. The minimum Gasteiger partial charge on any atom is -0.366 e. The molecule has 1 aromatic heterocycles. The van der Waals surface area contributed by atoms with E-state index in [1.54, 1.807) is 0 Å². The van der Waals surface area contributed by atoms with Crippen LogP contribution in [0.4, 0.5) is 0 Å². The topological polar surface area (TPSA) is 109 Å². The Balaban J connectivity index is 3.11. The molecule has 0 saturated carbocycles. The van der Waals surface area contributed by atoms with Gasteiger partial charge in [-0.2, -0.15) is 0 Å². The molecule has 0 bridgehead atoms. The van der Waals surface area contributed by atoms with Crippen molar-refractivity contribution < 1.29 is 4.79 Å². The van der Waals surface area contributed by atoms with Gasteiger partial charge in [0.15, 0.2) is 0 Å². The molecule has 0 aromatic carbocycles. The highest BCUT2D eigenvalue weighted by atomic mass is 16.2. The van der Waals surface area contributed by atoms with Crippen molar-refractivity contribution in [3.05, 3.63) is 38.7 Å². The second-order valence-corrected chi connectivity index (χ2v) is 2.26. The molecule has 68 valence electrons. The summed E-state index contributed by atoms with van der Waals surface area (Å²) in [6.07, 6.45) is 3.45. The van der Waals surface area contributed by atoms with Crippen LogP contribution in [0.1, 0.15) is 5.56 Å². The normalized spacial score (nSPS) is 10.5. The van der Waals surface area contributed by atoms with Crippen molar-refractivity contribution in [3.8, 4) is 0 Å². The van der Waals surface area contributed by atoms with Crippen LogP contribution in [0, 0.1) is 0 Å². The van der Waals surface area contributed by atoms with E-state index in [9.17, 15) is 14.4 Å². The first kappa shape index (κ1) is 8.98. The SMILES string of the molecule is NC(=O)C=Cc1c[nH]c(=O)[nH]c1=O. The third-order valence-electron chi connectivity index (χ3n) is 1.28. The smallest absolute Gasteiger partial charge is 0.325 e. The van der Waals surface area contributed by atoms with Crippen LogP contribution in [0.15, 0.2) is 21.9 Å². The summed E-state index contributed by atoms with van der Waals surface area (Å²) < 4.78 is 0. The van der Waals surface area contributed by atoms with Crippen molar-refractivity contribution in [1.29, 1.82) is 0 Å². The van der Waals surface area contributed by atoms with Crippen LogP contribution in [0.5, 0.6) is 0 Å². The fourth-order valence-corrected chi connectivity index (χ4v) is 0.716. The standard InChI is InChI=1S/C7H7N3O3/c8-5(11)2-1-4-3-9-7(13)10-6(4)12/h1-3H,(H2,8,11)(H2,9,10,12,13). The summed E-state index contributed by atoms with van der Waals surface area (Å²) in [4.78, 5) is 36.1. The van der Waals surface area contributed by atoms with Gasteiger partial charge < -0.3 is 10.7 Å². The van der Waals surface area contributed by atoms with E-state index in [2.05, 4.69) is 4.98 Å². The van der Waals surface area contributed by atoms with Crippen LogP contribution >= 0.6 is 0 Å². The highest BCUT2D eigenvalue weighted by Crippen LogP contribution is 1.87. The highest BCUT2D eigenvalue weighted by Gasteiger charge is 1.94. The molecule has 6 nitrogen and oxygen atoms in total. The van der Waals surface area contributed by atoms with Crippen molar-refractivity contribution in [2.45, 2.75) is 0 Å². The molecule has 1 aromatic rings. The van der Waals surface area contributed by atoms with E-state index >= 15 is 0 Å². The third-order valence-corrected chi connectivity index (χ3v) is 1.28. The van der Waals surface area contributed by atoms with Crippen LogP contribution in [0.3, 0.4) is 0 Å². The molecule has 1 amide bonds. The Morgan fingerprint density at radius 1 is 1.46 bits per heavy atom. The summed E-state index contributed by atoms with van der Waals surface area (Å²) in [6.45, 7) is 0. The van der Waals surface area contributed by atoms with Gasteiger partial charge in [-0.05, 0) is 6.08 Å². The van der Waals surface area contributed by atoms with Crippen molar-refractivity contribution in [2.75, 3.05) is 0 Å². The molecule has 1 heterocycles. The van der Waals surface area contributed by atoms with Gasteiger partial charge in [-0.1, -0.05) is 0 Å². The predicted molar refractivity (Wildman–Crippen MR) is 45.9 cm³/mol. The number of H-pyrrole nitrogens is 2. The molecule has 0 atom stereocenters. The van der Waals surface area contributed by atoms with Gasteiger partial charge in [-0.25, -0.2) is 4.79 Å². The maximum Gasteiger partial charge on any atom is 0.325 e. The lowest BCUT2D eigenvalue weighted by Gasteiger charge is -1.88. The van der Waals surface area contributed by atoms with Gasteiger partial charge in [0.1, 0.15) is 0 Å². The molecular weight excluding hydrogens is 174 g/mol. The van der Waals surface area contributed by atoms with E-state index in [0.29, 0.717) is 0 Å². The van der Waals surface area contributed by atoms with Crippen molar-refractivity contribution >= 4 is 12.0 Å². The molecule has 6 heteroatoms. The molecule has 4 N–H and O–H groups in total. The van der Waals surface area contributed by atoms with Gasteiger partial charge in [-0.3, -0.25) is 14.6 Å². The summed E-state index contributed by atoms with van der Waals surface area (Å²) in [5.41, 5.74) is 3.81. The number of hydrogen-bond donors (Lipinski definition) is 3. The van der Waals surface area contributed by atoms with E-state index < -0.39 is 17.2 Å². The third kappa shape index (κ3) is 2.44. The van der Waals surface area contributed by atoms with E-state index in [1.165, 1.54) is 12.3 Å². The Hall–Kier alpha value is -2.11. The van der Waals surface area contributed by atoms with Crippen LogP contribution in [0.2, 0.25) is 0 Å². The number of hydrogen-bond acceptors (Lipinski definition) is 3. The Morgan fingerprint density at radius 3 is 2.69 bits per heavy atom. The van der Waals surface area contributed by atoms with Gasteiger partial charge >= 0.3 is 5.69 Å². The number of aromatic nitrogens is 2. The number of carbonyl (C=O) groups excluding carboxylic acids is 1. The monoisotopic (exact) mass is 181 g/mol. The number of primary amides is 1. The fraction of sp³-hybridized carbons (Fsp3) is 0. The zero-order chi connectivity index (χ0) is 9.84. The number of amides is 1.